The molecule has 0 aromatic rings. The number of piperazine rings is 1. The molecule has 2 aliphatic rings. The van der Waals surface area contributed by atoms with Crippen molar-refractivity contribution in [3.63, 3.8) is 0 Å². The number of unbranched alkanes of at least 4 members (excludes halogenated alkanes) is 1. The Morgan fingerprint density at radius 2 is 1.80 bits per heavy atom. The maximum atomic E-state index is 12.3. The van der Waals surface area contributed by atoms with E-state index in [1.807, 2.05) is 23.7 Å². The summed E-state index contributed by atoms with van der Waals surface area (Å²) in [5.74, 6) is 2.44. The number of hydrogen-bond acceptors (Lipinski definition) is 5. The van der Waals surface area contributed by atoms with E-state index in [0.29, 0.717) is 19.8 Å². The molecule has 2 heterocycles. The molecule has 0 aromatic heterocycles. The van der Waals surface area contributed by atoms with Gasteiger partial charge in [-0.2, -0.15) is 11.8 Å². The molecule has 0 aliphatic carbocycles. The van der Waals surface area contributed by atoms with E-state index >= 15 is 0 Å². The molecule has 1 amide bonds. The predicted molar refractivity (Wildman–Crippen MR) is 104 cm³/mol. The molecule has 0 aromatic carbocycles. The lowest BCUT2D eigenvalue weighted by molar-refractivity contribution is -0.136. The first kappa shape index (κ1) is 20.3. The van der Waals surface area contributed by atoms with E-state index < -0.39 is 0 Å². The van der Waals surface area contributed by atoms with Crippen molar-refractivity contribution < 1.29 is 9.53 Å². The van der Waals surface area contributed by atoms with Crippen LogP contribution in [0.1, 0.15) is 12.8 Å². The number of carbonyl (C=O) groups is 1. The summed E-state index contributed by atoms with van der Waals surface area (Å²) in [5.41, 5.74) is 0. The lowest BCUT2D eigenvalue weighted by Gasteiger charge is -2.37. The number of rotatable bonds is 7. The molecule has 2 fully saturated rings. The summed E-state index contributed by atoms with van der Waals surface area (Å²) >= 11 is 1.90. The molecule has 7 nitrogen and oxygen atoms in total. The molecule has 2 rings (SSSR count). The van der Waals surface area contributed by atoms with Crippen LogP contribution < -0.4 is 5.32 Å². The van der Waals surface area contributed by atoms with Crippen LogP contribution in [0.25, 0.3) is 0 Å². The van der Waals surface area contributed by atoms with Crippen molar-refractivity contribution in [1.29, 1.82) is 0 Å². The molecule has 2 saturated heterocycles. The van der Waals surface area contributed by atoms with Gasteiger partial charge in [-0.1, -0.05) is 0 Å². The quantitative estimate of drug-likeness (QED) is 0.391. The Balaban J connectivity index is 1.66. The van der Waals surface area contributed by atoms with Gasteiger partial charge in [-0.05, 0) is 24.9 Å². The Bertz CT molecular complexity index is 421. The largest absolute Gasteiger partial charge is 0.378 e. The standard InChI is InChI=1S/C17H33N5O2S/c1-18-17(19-5-3-4-14-25-2)22-8-6-20(7-9-22)15-16(23)21-10-12-24-13-11-21/h3-15H2,1-2H3,(H,18,19). The lowest BCUT2D eigenvalue weighted by atomic mass is 10.3. The molecule has 0 atom stereocenters. The fraction of sp³-hybridized carbons (Fsp3) is 0.882. The Morgan fingerprint density at radius 1 is 1.08 bits per heavy atom. The summed E-state index contributed by atoms with van der Waals surface area (Å²) in [4.78, 5) is 23.2. The smallest absolute Gasteiger partial charge is 0.236 e. The second kappa shape index (κ2) is 11.6. The molecule has 0 radical (unpaired) electrons. The van der Waals surface area contributed by atoms with Crippen molar-refractivity contribution in [1.82, 2.24) is 20.0 Å². The topological polar surface area (TPSA) is 60.4 Å². The average Bonchev–Trinajstić information content (AvgIpc) is 2.66. The van der Waals surface area contributed by atoms with Gasteiger partial charge < -0.3 is 19.9 Å². The molecule has 2 aliphatic heterocycles. The van der Waals surface area contributed by atoms with Crippen LogP contribution in [0.5, 0.6) is 0 Å². The highest BCUT2D eigenvalue weighted by molar-refractivity contribution is 7.98. The van der Waals surface area contributed by atoms with Crippen LogP contribution in [-0.2, 0) is 9.53 Å². The summed E-state index contributed by atoms with van der Waals surface area (Å²) in [6.45, 7) is 7.93. The first-order valence-corrected chi connectivity index (χ1v) is 10.7. The maximum absolute atomic E-state index is 12.3. The van der Waals surface area contributed by atoms with Gasteiger partial charge in [0, 0.05) is 52.9 Å². The van der Waals surface area contributed by atoms with Crippen LogP contribution in [0.2, 0.25) is 0 Å². The SMILES string of the molecule is CN=C(NCCCCSC)N1CCN(CC(=O)N2CCOCC2)CC1. The summed E-state index contributed by atoms with van der Waals surface area (Å²) < 4.78 is 5.31. The van der Waals surface area contributed by atoms with Gasteiger partial charge in [-0.3, -0.25) is 14.7 Å². The van der Waals surface area contributed by atoms with Crippen molar-refractivity contribution in [2.75, 3.05) is 84.6 Å². The number of carbonyl (C=O) groups excluding carboxylic acids is 1. The zero-order valence-corrected chi connectivity index (χ0v) is 16.5. The maximum Gasteiger partial charge on any atom is 0.236 e. The van der Waals surface area contributed by atoms with Crippen molar-refractivity contribution in [2.45, 2.75) is 12.8 Å². The zero-order valence-electron chi connectivity index (χ0n) is 15.7. The number of aliphatic imine (C=N–C) groups is 1. The second-order valence-corrected chi connectivity index (χ2v) is 7.42. The molecule has 144 valence electrons. The number of hydrogen-bond donors (Lipinski definition) is 1. The van der Waals surface area contributed by atoms with E-state index in [-0.39, 0.29) is 5.91 Å². The Morgan fingerprint density at radius 3 is 2.44 bits per heavy atom. The molecule has 0 bridgehead atoms. The number of morpholine rings is 1. The van der Waals surface area contributed by atoms with E-state index in [2.05, 4.69) is 26.4 Å². The van der Waals surface area contributed by atoms with Crippen LogP contribution in [0.3, 0.4) is 0 Å². The Kier molecular flexibility index (Phi) is 9.42. The van der Waals surface area contributed by atoms with Crippen LogP contribution in [-0.4, -0.2) is 111 Å². The third kappa shape index (κ3) is 7.03. The van der Waals surface area contributed by atoms with Crippen molar-refractivity contribution >= 4 is 23.6 Å². The molecule has 0 saturated carbocycles. The van der Waals surface area contributed by atoms with Crippen LogP contribution in [0.15, 0.2) is 4.99 Å². The number of thioether (sulfide) groups is 1. The normalized spacial score (nSPS) is 20.0. The van der Waals surface area contributed by atoms with Crippen LogP contribution in [0.4, 0.5) is 0 Å². The Hall–Kier alpha value is -0.990. The summed E-state index contributed by atoms with van der Waals surface area (Å²) in [6.07, 6.45) is 4.56. The lowest BCUT2D eigenvalue weighted by Crippen LogP contribution is -2.55. The van der Waals surface area contributed by atoms with E-state index in [1.54, 1.807) is 0 Å². The first-order valence-electron chi connectivity index (χ1n) is 9.27. The van der Waals surface area contributed by atoms with Crippen LogP contribution >= 0.6 is 11.8 Å². The molecule has 1 N–H and O–H groups in total. The number of nitrogens with zero attached hydrogens (tertiary/aromatic N) is 4. The number of nitrogens with one attached hydrogen (secondary N) is 1. The highest BCUT2D eigenvalue weighted by Gasteiger charge is 2.24. The van der Waals surface area contributed by atoms with Crippen molar-refractivity contribution in [3.8, 4) is 0 Å². The molecule has 25 heavy (non-hydrogen) atoms. The van der Waals surface area contributed by atoms with Gasteiger partial charge in [0.25, 0.3) is 0 Å². The van der Waals surface area contributed by atoms with E-state index in [9.17, 15) is 4.79 Å². The number of guanidine groups is 1. The fourth-order valence-corrected chi connectivity index (χ4v) is 3.62. The fourth-order valence-electron chi connectivity index (χ4n) is 3.13. The van der Waals surface area contributed by atoms with Crippen LogP contribution in [0, 0.1) is 0 Å². The third-order valence-electron chi connectivity index (χ3n) is 4.66. The van der Waals surface area contributed by atoms with Gasteiger partial charge >= 0.3 is 0 Å². The predicted octanol–water partition coefficient (Wildman–Crippen LogP) is 0.181. The van der Waals surface area contributed by atoms with Gasteiger partial charge in [0.15, 0.2) is 5.96 Å². The van der Waals surface area contributed by atoms with E-state index in [1.165, 1.54) is 18.6 Å². The average molecular weight is 372 g/mol. The van der Waals surface area contributed by atoms with E-state index in [4.69, 9.17) is 4.74 Å². The third-order valence-corrected chi connectivity index (χ3v) is 5.36. The highest BCUT2D eigenvalue weighted by atomic mass is 32.2. The van der Waals surface area contributed by atoms with E-state index in [0.717, 1.165) is 51.8 Å². The van der Waals surface area contributed by atoms with Gasteiger partial charge in [0.05, 0.1) is 19.8 Å². The number of ether oxygens (including phenoxy) is 1. The molecule has 8 heteroatoms. The minimum Gasteiger partial charge on any atom is -0.378 e. The van der Waals surface area contributed by atoms with Gasteiger partial charge in [-0.25, -0.2) is 0 Å². The minimum atomic E-state index is 0.230. The first-order chi connectivity index (χ1) is 12.2. The molecule has 0 unspecified atom stereocenters. The summed E-state index contributed by atoms with van der Waals surface area (Å²) in [7, 11) is 1.85. The summed E-state index contributed by atoms with van der Waals surface area (Å²) in [6, 6.07) is 0. The van der Waals surface area contributed by atoms with Crippen molar-refractivity contribution in [2.24, 2.45) is 4.99 Å². The highest BCUT2D eigenvalue weighted by Crippen LogP contribution is 2.05. The molecule has 0 spiro atoms. The second-order valence-electron chi connectivity index (χ2n) is 6.43. The zero-order chi connectivity index (χ0) is 17.9. The minimum absolute atomic E-state index is 0.230. The molecular formula is C17H33N5O2S. The summed E-state index contributed by atoms with van der Waals surface area (Å²) in [5, 5.41) is 3.46. The Labute approximate surface area is 156 Å². The van der Waals surface area contributed by atoms with Gasteiger partial charge in [-0.15, -0.1) is 0 Å². The van der Waals surface area contributed by atoms with Gasteiger partial charge in [0.2, 0.25) is 5.91 Å². The molecular weight excluding hydrogens is 338 g/mol. The monoisotopic (exact) mass is 371 g/mol. The number of amides is 1. The van der Waals surface area contributed by atoms with Crippen molar-refractivity contribution in [3.05, 3.63) is 0 Å². The van der Waals surface area contributed by atoms with Gasteiger partial charge in [0.1, 0.15) is 0 Å².